The fraction of sp³-hybridized carbons (Fsp3) is 0.190. The molecule has 3 aromatic heterocycles. The first-order chi connectivity index (χ1) is 14.0. The van der Waals surface area contributed by atoms with Crippen molar-refractivity contribution in [2.24, 2.45) is 7.05 Å². The van der Waals surface area contributed by atoms with E-state index < -0.39 is 0 Å². The Morgan fingerprint density at radius 2 is 1.66 bits per heavy atom. The van der Waals surface area contributed by atoms with Crippen LogP contribution in [0.15, 0.2) is 42.9 Å². The summed E-state index contributed by atoms with van der Waals surface area (Å²) >= 11 is 13.0. The molecule has 4 aromatic rings. The molecule has 148 valence electrons. The molecule has 1 aromatic carbocycles. The zero-order valence-electron chi connectivity index (χ0n) is 16.1. The fourth-order valence-corrected chi connectivity index (χ4v) is 3.78. The summed E-state index contributed by atoms with van der Waals surface area (Å²) in [5.41, 5.74) is 5.04. The average Bonchev–Trinajstić information content (AvgIpc) is 3.17. The van der Waals surface area contributed by atoms with Crippen LogP contribution < -0.4 is 9.47 Å². The number of aryl methyl sites for hydroxylation is 1. The fourth-order valence-electron chi connectivity index (χ4n) is 3.15. The Labute approximate surface area is 178 Å². The molecule has 0 N–H and O–H groups in total. The maximum atomic E-state index is 6.50. The second-order valence-corrected chi connectivity index (χ2v) is 7.29. The second kappa shape index (κ2) is 7.89. The van der Waals surface area contributed by atoms with E-state index in [1.807, 2.05) is 37.6 Å². The van der Waals surface area contributed by atoms with Crippen LogP contribution in [0.3, 0.4) is 0 Å². The predicted octanol–water partition coefficient (Wildman–Crippen LogP) is 4.95. The van der Waals surface area contributed by atoms with Crippen molar-refractivity contribution in [3.63, 3.8) is 0 Å². The first-order valence-electron chi connectivity index (χ1n) is 8.83. The van der Waals surface area contributed by atoms with Crippen LogP contribution in [-0.4, -0.2) is 34.0 Å². The van der Waals surface area contributed by atoms with Crippen molar-refractivity contribution < 1.29 is 9.47 Å². The van der Waals surface area contributed by atoms with Crippen LogP contribution in [0.4, 0.5) is 0 Å². The lowest BCUT2D eigenvalue weighted by atomic mass is 10.1. The minimum Gasteiger partial charge on any atom is -0.495 e. The molecule has 6 nitrogen and oxygen atoms in total. The molecule has 8 heteroatoms. The van der Waals surface area contributed by atoms with E-state index >= 15 is 0 Å². The van der Waals surface area contributed by atoms with E-state index in [9.17, 15) is 0 Å². The average molecular weight is 429 g/mol. The van der Waals surface area contributed by atoms with Gasteiger partial charge in [-0.3, -0.25) is 14.6 Å². The lowest BCUT2D eigenvalue weighted by Crippen LogP contribution is -1.99. The summed E-state index contributed by atoms with van der Waals surface area (Å²) in [6.45, 7) is 0. The zero-order valence-corrected chi connectivity index (χ0v) is 17.6. The maximum absolute atomic E-state index is 6.50. The molecule has 0 unspecified atom stereocenters. The van der Waals surface area contributed by atoms with Crippen LogP contribution in [0.25, 0.3) is 22.2 Å². The largest absolute Gasteiger partial charge is 0.495 e. The number of benzene rings is 1. The number of halogens is 2. The lowest BCUT2D eigenvalue weighted by Gasteiger charge is -2.14. The van der Waals surface area contributed by atoms with E-state index in [4.69, 9.17) is 37.7 Å². The zero-order chi connectivity index (χ0) is 20.5. The van der Waals surface area contributed by atoms with Crippen molar-refractivity contribution in [3.8, 4) is 22.6 Å². The third-order valence-electron chi connectivity index (χ3n) is 4.66. The molecule has 3 heterocycles. The smallest absolute Gasteiger partial charge is 0.141 e. The quantitative estimate of drug-likeness (QED) is 0.450. The Balaban J connectivity index is 1.75. The normalized spacial score (nSPS) is 11.1. The van der Waals surface area contributed by atoms with Crippen LogP contribution in [0.1, 0.15) is 11.3 Å². The molecule has 0 bridgehead atoms. The second-order valence-electron chi connectivity index (χ2n) is 6.53. The highest BCUT2D eigenvalue weighted by Gasteiger charge is 2.18. The first kappa shape index (κ1) is 19.5. The van der Waals surface area contributed by atoms with Gasteiger partial charge in [-0.25, -0.2) is 0 Å². The molecule has 0 atom stereocenters. The first-order valence-corrected chi connectivity index (χ1v) is 9.59. The number of rotatable bonds is 5. The molecule has 0 amide bonds. The molecule has 0 aliphatic heterocycles. The van der Waals surface area contributed by atoms with Gasteiger partial charge < -0.3 is 9.47 Å². The van der Waals surface area contributed by atoms with Crippen LogP contribution in [0.5, 0.6) is 11.5 Å². The summed E-state index contributed by atoms with van der Waals surface area (Å²) in [5, 5.41) is 5.11. The van der Waals surface area contributed by atoms with E-state index in [-0.39, 0.29) is 0 Å². The Morgan fingerprint density at radius 3 is 2.28 bits per heavy atom. The standard InChI is InChI=1S/C21H18Cl2N4O2/c1-27-11-13(10-25-27)12-6-17-16(24-9-12)5-4-14(26-17)7-15-20(22)18(28-2)8-19(29-3)21(15)23/h4-6,8-11H,7H2,1-3H3. The Morgan fingerprint density at radius 1 is 0.931 bits per heavy atom. The van der Waals surface area contributed by atoms with Crippen LogP contribution in [-0.2, 0) is 13.5 Å². The van der Waals surface area contributed by atoms with Crippen molar-refractivity contribution in [3.05, 3.63) is 64.2 Å². The number of pyridine rings is 2. The van der Waals surface area contributed by atoms with Crippen LogP contribution >= 0.6 is 23.2 Å². The molecule has 4 rings (SSSR count). The third-order valence-corrected chi connectivity index (χ3v) is 5.48. The maximum Gasteiger partial charge on any atom is 0.141 e. The van der Waals surface area contributed by atoms with Gasteiger partial charge in [-0.1, -0.05) is 23.2 Å². The van der Waals surface area contributed by atoms with Gasteiger partial charge in [0.25, 0.3) is 0 Å². The molecule has 0 saturated heterocycles. The van der Waals surface area contributed by atoms with E-state index in [1.165, 1.54) is 0 Å². The highest BCUT2D eigenvalue weighted by atomic mass is 35.5. The topological polar surface area (TPSA) is 62.1 Å². The van der Waals surface area contributed by atoms with Gasteiger partial charge in [-0.05, 0) is 18.2 Å². The molecule has 0 aliphatic rings. The number of aromatic nitrogens is 4. The number of ether oxygens (including phenoxy) is 2. The molecule has 0 saturated carbocycles. The van der Waals surface area contributed by atoms with Gasteiger partial charge in [-0.15, -0.1) is 0 Å². The summed E-state index contributed by atoms with van der Waals surface area (Å²) in [6.07, 6.45) is 5.99. The Kier molecular flexibility index (Phi) is 5.30. The molecule has 0 fully saturated rings. The molecule has 0 spiro atoms. The number of fused-ring (bicyclic) bond motifs is 1. The van der Waals surface area contributed by atoms with E-state index in [0.717, 1.165) is 27.9 Å². The highest BCUT2D eigenvalue weighted by molar-refractivity contribution is 6.37. The predicted molar refractivity (Wildman–Crippen MR) is 114 cm³/mol. The van der Waals surface area contributed by atoms with Crippen molar-refractivity contribution in [1.82, 2.24) is 19.7 Å². The number of methoxy groups -OCH3 is 2. The SMILES string of the molecule is COc1cc(OC)c(Cl)c(Cc2ccc3ncc(-c4cnn(C)c4)cc3n2)c1Cl. The molecule has 29 heavy (non-hydrogen) atoms. The van der Waals surface area contributed by atoms with Gasteiger partial charge in [0.15, 0.2) is 0 Å². The van der Waals surface area contributed by atoms with Crippen molar-refractivity contribution >= 4 is 34.2 Å². The number of hydrogen-bond acceptors (Lipinski definition) is 5. The number of hydrogen-bond donors (Lipinski definition) is 0. The molecule has 0 aliphatic carbocycles. The Bertz CT molecular complexity index is 1180. The summed E-state index contributed by atoms with van der Waals surface area (Å²) < 4.78 is 12.5. The van der Waals surface area contributed by atoms with Gasteiger partial charge in [0, 0.05) is 54.3 Å². The van der Waals surface area contributed by atoms with E-state index in [2.05, 4.69) is 10.1 Å². The van der Waals surface area contributed by atoms with Crippen molar-refractivity contribution in [2.45, 2.75) is 6.42 Å². The number of nitrogens with zero attached hydrogens (tertiary/aromatic N) is 4. The highest BCUT2D eigenvalue weighted by Crippen LogP contribution is 2.41. The van der Waals surface area contributed by atoms with E-state index in [0.29, 0.717) is 33.5 Å². The Hall–Kier alpha value is -2.83. The minimum absolute atomic E-state index is 0.429. The lowest BCUT2D eigenvalue weighted by molar-refractivity contribution is 0.394. The molecular formula is C21H18Cl2N4O2. The third kappa shape index (κ3) is 3.73. The van der Waals surface area contributed by atoms with Gasteiger partial charge in [-0.2, -0.15) is 5.10 Å². The summed E-state index contributed by atoms with van der Waals surface area (Å²) in [6, 6.07) is 7.52. The summed E-state index contributed by atoms with van der Waals surface area (Å²) in [4.78, 5) is 9.28. The monoisotopic (exact) mass is 428 g/mol. The van der Waals surface area contributed by atoms with Crippen molar-refractivity contribution in [1.29, 1.82) is 0 Å². The van der Waals surface area contributed by atoms with Gasteiger partial charge >= 0.3 is 0 Å². The van der Waals surface area contributed by atoms with Crippen molar-refractivity contribution in [2.75, 3.05) is 14.2 Å². The van der Waals surface area contributed by atoms with Gasteiger partial charge in [0.05, 0.1) is 41.5 Å². The van der Waals surface area contributed by atoms with Crippen LogP contribution in [0.2, 0.25) is 10.0 Å². The minimum atomic E-state index is 0.429. The summed E-state index contributed by atoms with van der Waals surface area (Å²) in [7, 11) is 4.99. The van der Waals surface area contributed by atoms with Crippen LogP contribution in [0, 0.1) is 0 Å². The summed E-state index contributed by atoms with van der Waals surface area (Å²) in [5.74, 6) is 1.01. The molecular weight excluding hydrogens is 411 g/mol. The van der Waals surface area contributed by atoms with E-state index in [1.54, 1.807) is 31.2 Å². The van der Waals surface area contributed by atoms with Gasteiger partial charge in [0.1, 0.15) is 11.5 Å². The molecule has 0 radical (unpaired) electrons. The van der Waals surface area contributed by atoms with Gasteiger partial charge in [0.2, 0.25) is 0 Å².